The molecule has 2 aliphatic heterocycles. The van der Waals surface area contributed by atoms with E-state index in [2.05, 4.69) is 18.7 Å². The van der Waals surface area contributed by atoms with Gasteiger partial charge >= 0.3 is 0 Å². The summed E-state index contributed by atoms with van der Waals surface area (Å²) in [5, 5.41) is 12.5. The maximum Gasteiger partial charge on any atom is 0.235 e. The number of rotatable bonds is 2. The van der Waals surface area contributed by atoms with E-state index >= 15 is 0 Å². The van der Waals surface area contributed by atoms with Crippen molar-refractivity contribution in [1.29, 1.82) is 0 Å². The van der Waals surface area contributed by atoms with Gasteiger partial charge in [0, 0.05) is 16.5 Å². The second kappa shape index (κ2) is 5.25. The summed E-state index contributed by atoms with van der Waals surface area (Å²) < 4.78 is 0. The van der Waals surface area contributed by atoms with Crippen LogP contribution in [0.25, 0.3) is 0 Å². The number of halogens is 1. The summed E-state index contributed by atoms with van der Waals surface area (Å²) in [4.78, 5) is 14.1. The zero-order chi connectivity index (χ0) is 15.2. The van der Waals surface area contributed by atoms with E-state index in [-0.39, 0.29) is 22.3 Å². The number of nitro groups is 1. The number of nitrogens with zero attached hydrogens (tertiary/aromatic N) is 2. The summed E-state index contributed by atoms with van der Waals surface area (Å²) in [6.07, 6.45) is 2.00. The molecule has 0 N–H and O–H groups in total. The summed E-state index contributed by atoms with van der Waals surface area (Å²) in [5.74, 6) is -0.0656. The van der Waals surface area contributed by atoms with E-state index in [1.165, 1.54) is 0 Å². The minimum absolute atomic E-state index is 0.0524. The maximum atomic E-state index is 11.8. The Labute approximate surface area is 130 Å². The van der Waals surface area contributed by atoms with Crippen LogP contribution in [0.15, 0.2) is 24.3 Å². The van der Waals surface area contributed by atoms with Crippen LogP contribution in [0.3, 0.4) is 0 Å². The molecule has 2 saturated heterocycles. The third kappa shape index (κ3) is 2.55. The van der Waals surface area contributed by atoms with E-state index in [9.17, 15) is 10.1 Å². The van der Waals surface area contributed by atoms with Gasteiger partial charge in [-0.15, -0.1) is 0 Å². The van der Waals surface area contributed by atoms with Crippen LogP contribution in [-0.4, -0.2) is 35.0 Å². The molecule has 2 aliphatic rings. The van der Waals surface area contributed by atoms with Gasteiger partial charge in [0.05, 0.1) is 12.0 Å². The first-order chi connectivity index (χ1) is 9.90. The van der Waals surface area contributed by atoms with Crippen LogP contribution < -0.4 is 0 Å². The average Bonchev–Trinajstić information content (AvgIpc) is 2.84. The van der Waals surface area contributed by atoms with Crippen molar-refractivity contribution in [2.24, 2.45) is 5.41 Å². The molecule has 0 spiro atoms. The standard InChI is InChI=1S/C16H21ClN2O2/c1-16(2)10-18-9-3-4-13(18)15(19(20)21)14(16)11-5-7-12(17)8-6-11/h5-8,13-15H,3-4,9-10H2,1-2H3. The normalized spacial score (nSPS) is 31.9. The summed E-state index contributed by atoms with van der Waals surface area (Å²) in [5.41, 5.74) is 0.921. The maximum absolute atomic E-state index is 11.8. The molecule has 0 bridgehead atoms. The Morgan fingerprint density at radius 2 is 2.00 bits per heavy atom. The average molecular weight is 309 g/mol. The van der Waals surface area contributed by atoms with Gasteiger partial charge in [-0.25, -0.2) is 0 Å². The molecule has 3 rings (SSSR count). The highest BCUT2D eigenvalue weighted by Crippen LogP contribution is 2.48. The number of benzene rings is 1. The lowest BCUT2D eigenvalue weighted by atomic mass is 9.66. The highest BCUT2D eigenvalue weighted by molar-refractivity contribution is 6.30. The van der Waals surface area contributed by atoms with Crippen LogP contribution in [0.1, 0.15) is 38.2 Å². The van der Waals surface area contributed by atoms with E-state index in [0.29, 0.717) is 5.02 Å². The number of fused-ring (bicyclic) bond motifs is 1. The SMILES string of the molecule is CC1(C)CN2CCCC2C([N+](=O)[O-])C1c1ccc(Cl)cc1. The quantitative estimate of drug-likeness (QED) is 0.620. The minimum atomic E-state index is -0.530. The Morgan fingerprint density at radius 3 is 2.62 bits per heavy atom. The van der Waals surface area contributed by atoms with Crippen LogP contribution in [0.2, 0.25) is 5.02 Å². The summed E-state index contributed by atoms with van der Waals surface area (Å²) in [7, 11) is 0. The fraction of sp³-hybridized carbons (Fsp3) is 0.625. The summed E-state index contributed by atoms with van der Waals surface area (Å²) in [6.45, 7) is 6.22. The van der Waals surface area contributed by atoms with Gasteiger partial charge in [0.15, 0.2) is 0 Å². The van der Waals surface area contributed by atoms with Gasteiger partial charge in [-0.1, -0.05) is 37.6 Å². The Balaban J connectivity index is 2.04. The molecule has 114 valence electrons. The minimum Gasteiger partial charge on any atom is -0.293 e. The smallest absolute Gasteiger partial charge is 0.235 e. The first kappa shape index (κ1) is 14.8. The molecule has 0 saturated carbocycles. The number of hydrogen-bond acceptors (Lipinski definition) is 3. The first-order valence-corrected chi connectivity index (χ1v) is 7.91. The highest BCUT2D eigenvalue weighted by atomic mass is 35.5. The number of piperidine rings is 1. The molecule has 0 radical (unpaired) electrons. The van der Waals surface area contributed by atoms with Crippen molar-refractivity contribution < 1.29 is 4.92 Å². The zero-order valence-electron chi connectivity index (χ0n) is 12.5. The van der Waals surface area contributed by atoms with Crippen LogP contribution >= 0.6 is 11.6 Å². The first-order valence-electron chi connectivity index (χ1n) is 7.53. The molecule has 3 atom stereocenters. The van der Waals surface area contributed by atoms with Gasteiger partial charge in [-0.2, -0.15) is 0 Å². The number of hydrogen-bond donors (Lipinski definition) is 0. The van der Waals surface area contributed by atoms with Gasteiger partial charge in [-0.05, 0) is 42.5 Å². The molecular weight excluding hydrogens is 288 g/mol. The Hall–Kier alpha value is -1.13. The van der Waals surface area contributed by atoms with Gasteiger partial charge in [-0.3, -0.25) is 15.0 Å². The Kier molecular flexibility index (Phi) is 3.70. The van der Waals surface area contributed by atoms with E-state index in [1.807, 2.05) is 24.3 Å². The lowest BCUT2D eigenvalue weighted by Gasteiger charge is -2.47. The fourth-order valence-corrected chi connectivity index (χ4v) is 4.45. The summed E-state index contributed by atoms with van der Waals surface area (Å²) in [6, 6.07) is 7.13. The third-order valence-corrected chi connectivity index (χ3v) is 5.33. The summed E-state index contributed by atoms with van der Waals surface area (Å²) >= 11 is 5.97. The monoisotopic (exact) mass is 308 g/mol. The largest absolute Gasteiger partial charge is 0.293 e. The second-order valence-electron chi connectivity index (χ2n) is 6.97. The molecule has 0 aliphatic carbocycles. The predicted octanol–water partition coefficient (Wildman–Crippen LogP) is 3.57. The molecule has 0 aromatic heterocycles. The van der Waals surface area contributed by atoms with Crippen molar-refractivity contribution >= 4 is 11.6 Å². The van der Waals surface area contributed by atoms with Crippen molar-refractivity contribution in [2.45, 2.75) is 44.7 Å². The van der Waals surface area contributed by atoms with Crippen LogP contribution in [-0.2, 0) is 0 Å². The van der Waals surface area contributed by atoms with Crippen molar-refractivity contribution in [1.82, 2.24) is 4.90 Å². The van der Waals surface area contributed by atoms with Gasteiger partial charge in [0.25, 0.3) is 0 Å². The predicted molar refractivity (Wildman–Crippen MR) is 83.4 cm³/mol. The van der Waals surface area contributed by atoms with Crippen molar-refractivity contribution in [2.75, 3.05) is 13.1 Å². The lowest BCUT2D eigenvalue weighted by Crippen LogP contribution is -2.58. The molecular formula is C16H21ClN2O2. The van der Waals surface area contributed by atoms with Gasteiger partial charge < -0.3 is 0 Å². The van der Waals surface area contributed by atoms with Crippen molar-refractivity contribution in [3.05, 3.63) is 45.0 Å². The molecule has 5 heteroatoms. The molecule has 21 heavy (non-hydrogen) atoms. The topological polar surface area (TPSA) is 46.4 Å². The molecule has 2 heterocycles. The second-order valence-corrected chi connectivity index (χ2v) is 7.41. The van der Waals surface area contributed by atoms with E-state index < -0.39 is 6.04 Å². The molecule has 1 aromatic carbocycles. The highest BCUT2D eigenvalue weighted by Gasteiger charge is 2.55. The molecule has 0 amide bonds. The molecule has 3 unspecified atom stereocenters. The van der Waals surface area contributed by atoms with E-state index in [1.54, 1.807) is 0 Å². The van der Waals surface area contributed by atoms with Crippen LogP contribution in [0.4, 0.5) is 0 Å². The van der Waals surface area contributed by atoms with Crippen molar-refractivity contribution in [3.8, 4) is 0 Å². The molecule has 1 aromatic rings. The Morgan fingerprint density at radius 1 is 1.33 bits per heavy atom. The molecule has 2 fully saturated rings. The lowest BCUT2D eigenvalue weighted by molar-refractivity contribution is -0.541. The molecule has 4 nitrogen and oxygen atoms in total. The van der Waals surface area contributed by atoms with Crippen LogP contribution in [0.5, 0.6) is 0 Å². The van der Waals surface area contributed by atoms with Gasteiger partial charge in [0.2, 0.25) is 6.04 Å². The van der Waals surface area contributed by atoms with Crippen molar-refractivity contribution in [3.63, 3.8) is 0 Å². The Bertz CT molecular complexity index is 544. The zero-order valence-corrected chi connectivity index (χ0v) is 13.2. The third-order valence-electron chi connectivity index (χ3n) is 5.08. The van der Waals surface area contributed by atoms with Gasteiger partial charge in [0.1, 0.15) is 0 Å². The van der Waals surface area contributed by atoms with Crippen LogP contribution in [0, 0.1) is 15.5 Å². The fourth-order valence-electron chi connectivity index (χ4n) is 4.32. The van der Waals surface area contributed by atoms with E-state index in [0.717, 1.165) is 31.5 Å². The van der Waals surface area contributed by atoms with E-state index in [4.69, 9.17) is 11.6 Å².